The molecule has 0 aliphatic heterocycles. The molecule has 0 bridgehead atoms. The molecule has 0 aliphatic rings. The minimum atomic E-state index is -0.634. The lowest BCUT2D eigenvalue weighted by Crippen LogP contribution is -2.30. The van der Waals surface area contributed by atoms with Gasteiger partial charge in [0.1, 0.15) is 17.4 Å². The summed E-state index contributed by atoms with van der Waals surface area (Å²) in [6.07, 6.45) is 3.57. The molecule has 28 heavy (non-hydrogen) atoms. The Hall–Kier alpha value is -2.65. The van der Waals surface area contributed by atoms with Crippen LogP contribution in [0, 0.1) is 11.6 Å². The van der Waals surface area contributed by atoms with Gasteiger partial charge >= 0.3 is 0 Å². The van der Waals surface area contributed by atoms with Crippen molar-refractivity contribution in [2.24, 2.45) is 0 Å². The van der Waals surface area contributed by atoms with Gasteiger partial charge in [-0.15, -0.1) is 11.3 Å². The third-order valence-corrected chi connectivity index (χ3v) is 4.77. The number of benzene rings is 1. The molecule has 0 saturated carbocycles. The molecule has 9 heteroatoms. The van der Waals surface area contributed by atoms with Crippen LogP contribution in [0.3, 0.4) is 0 Å². The average molecular weight is 421 g/mol. The van der Waals surface area contributed by atoms with Crippen LogP contribution in [0.2, 0.25) is 0 Å². The highest BCUT2D eigenvalue weighted by molar-refractivity contribution is 7.80. The highest BCUT2D eigenvalue weighted by Gasteiger charge is 2.12. The van der Waals surface area contributed by atoms with Crippen LogP contribution in [-0.2, 0) is 6.42 Å². The van der Waals surface area contributed by atoms with E-state index in [4.69, 9.17) is 17.0 Å². The van der Waals surface area contributed by atoms with Gasteiger partial charge in [-0.2, -0.15) is 0 Å². The molecule has 0 aliphatic carbocycles. The highest BCUT2D eigenvalue weighted by atomic mass is 32.1. The van der Waals surface area contributed by atoms with Gasteiger partial charge in [0, 0.05) is 47.6 Å². The summed E-state index contributed by atoms with van der Waals surface area (Å²) in [5.74, 6) is -1.09. The van der Waals surface area contributed by atoms with E-state index in [9.17, 15) is 8.78 Å². The molecular weight excluding hydrogens is 402 g/mol. The van der Waals surface area contributed by atoms with Gasteiger partial charge in [0.2, 0.25) is 0 Å². The van der Waals surface area contributed by atoms with Crippen molar-refractivity contribution in [3.8, 4) is 17.0 Å². The summed E-state index contributed by atoms with van der Waals surface area (Å²) in [5.41, 5.74) is 1.70. The van der Waals surface area contributed by atoms with E-state index in [1.165, 1.54) is 23.5 Å². The molecule has 146 valence electrons. The summed E-state index contributed by atoms with van der Waals surface area (Å²) in [6, 6.07) is 6.14. The number of rotatable bonds is 7. The van der Waals surface area contributed by atoms with Gasteiger partial charge < -0.3 is 15.4 Å². The van der Waals surface area contributed by atoms with E-state index in [0.717, 1.165) is 11.3 Å². The highest BCUT2D eigenvalue weighted by Crippen LogP contribution is 2.24. The fraction of sp³-hybridized carbons (Fsp3) is 0.211. The second kappa shape index (κ2) is 9.52. The first-order valence-electron chi connectivity index (χ1n) is 8.58. The number of nitrogens with zero attached hydrogens (tertiary/aromatic N) is 2. The number of nitrogens with one attached hydrogen (secondary N) is 2. The third kappa shape index (κ3) is 5.20. The van der Waals surface area contributed by atoms with Crippen LogP contribution in [0.5, 0.6) is 5.75 Å². The number of thiocarbonyl (C=S) groups is 1. The number of thiazole rings is 1. The van der Waals surface area contributed by atoms with Crippen LogP contribution >= 0.6 is 23.6 Å². The van der Waals surface area contributed by atoms with Crippen molar-refractivity contribution in [1.29, 1.82) is 0 Å². The molecule has 5 nitrogen and oxygen atoms in total. The quantitative estimate of drug-likeness (QED) is 0.552. The second-order valence-electron chi connectivity index (χ2n) is 5.71. The summed E-state index contributed by atoms with van der Waals surface area (Å²) >= 11 is 6.63. The molecule has 0 atom stereocenters. The minimum Gasteiger partial charge on any atom is -0.494 e. The van der Waals surface area contributed by atoms with Crippen LogP contribution in [0.25, 0.3) is 11.3 Å². The standard InChI is InChI=1S/C19H18F2N4OS2/c1-2-26-13-8-15(20)14(16(21)9-13)5-7-23-18(27)25-19-24-17(11-28-19)12-4-3-6-22-10-12/h3-4,6,8-11H,2,5,7H2,1H3,(H2,23,24,25,27). The molecule has 0 saturated heterocycles. The molecule has 2 N–H and O–H groups in total. The zero-order chi connectivity index (χ0) is 19.9. The molecule has 3 rings (SSSR count). The topological polar surface area (TPSA) is 59.1 Å². The Kier molecular flexibility index (Phi) is 6.83. The lowest BCUT2D eigenvalue weighted by Gasteiger charge is -2.11. The summed E-state index contributed by atoms with van der Waals surface area (Å²) in [6.45, 7) is 2.37. The van der Waals surface area contributed by atoms with E-state index in [0.29, 0.717) is 16.9 Å². The van der Waals surface area contributed by atoms with Gasteiger partial charge in [-0.3, -0.25) is 4.98 Å². The maximum atomic E-state index is 14.1. The first-order chi connectivity index (χ1) is 13.6. The lowest BCUT2D eigenvalue weighted by atomic mass is 10.1. The van der Waals surface area contributed by atoms with Gasteiger partial charge in [-0.25, -0.2) is 13.8 Å². The summed E-state index contributed by atoms with van der Waals surface area (Å²) < 4.78 is 33.2. The molecule has 1 aromatic carbocycles. The number of ether oxygens (including phenoxy) is 1. The van der Waals surface area contributed by atoms with E-state index in [2.05, 4.69) is 20.6 Å². The van der Waals surface area contributed by atoms with Gasteiger partial charge in [0.25, 0.3) is 0 Å². The van der Waals surface area contributed by atoms with Crippen molar-refractivity contribution in [2.75, 3.05) is 18.5 Å². The van der Waals surface area contributed by atoms with Gasteiger partial charge in [0.15, 0.2) is 10.2 Å². The van der Waals surface area contributed by atoms with E-state index in [1.54, 1.807) is 19.3 Å². The van der Waals surface area contributed by atoms with Crippen LogP contribution in [0.4, 0.5) is 13.9 Å². The van der Waals surface area contributed by atoms with Crippen molar-refractivity contribution in [3.63, 3.8) is 0 Å². The van der Waals surface area contributed by atoms with E-state index in [-0.39, 0.29) is 24.3 Å². The number of halogens is 2. The zero-order valence-electron chi connectivity index (χ0n) is 15.0. The Bertz CT molecular complexity index is 927. The smallest absolute Gasteiger partial charge is 0.189 e. The van der Waals surface area contributed by atoms with E-state index in [1.807, 2.05) is 17.5 Å². The number of hydrogen-bond acceptors (Lipinski definition) is 5. The Morgan fingerprint density at radius 2 is 2.07 bits per heavy atom. The fourth-order valence-electron chi connectivity index (χ4n) is 2.49. The van der Waals surface area contributed by atoms with Crippen molar-refractivity contribution >= 4 is 33.8 Å². The van der Waals surface area contributed by atoms with Crippen LogP contribution in [-0.4, -0.2) is 28.2 Å². The molecule has 0 fully saturated rings. The number of anilines is 1. The zero-order valence-corrected chi connectivity index (χ0v) is 16.7. The van der Waals surface area contributed by atoms with Gasteiger partial charge in [-0.1, -0.05) is 0 Å². The van der Waals surface area contributed by atoms with Crippen molar-refractivity contribution in [1.82, 2.24) is 15.3 Å². The minimum absolute atomic E-state index is 0.00753. The molecular formula is C19H18F2N4OS2. The van der Waals surface area contributed by atoms with Crippen molar-refractivity contribution in [3.05, 3.63) is 59.2 Å². The van der Waals surface area contributed by atoms with E-state index < -0.39 is 11.6 Å². The molecule has 0 spiro atoms. The molecule has 2 heterocycles. The summed E-state index contributed by atoms with van der Waals surface area (Å²) in [4.78, 5) is 8.52. The first kappa shape index (κ1) is 20.1. The molecule has 0 unspecified atom stereocenters. The maximum absolute atomic E-state index is 14.1. The number of pyridine rings is 1. The predicted octanol–water partition coefficient (Wildman–Crippen LogP) is 4.41. The average Bonchev–Trinajstić information content (AvgIpc) is 3.13. The normalized spacial score (nSPS) is 10.5. The Balaban J connectivity index is 1.52. The lowest BCUT2D eigenvalue weighted by molar-refractivity contribution is 0.335. The number of aromatic nitrogens is 2. The third-order valence-electron chi connectivity index (χ3n) is 3.77. The van der Waals surface area contributed by atoms with Crippen LogP contribution in [0.15, 0.2) is 42.0 Å². The largest absolute Gasteiger partial charge is 0.494 e. The SMILES string of the molecule is CCOc1cc(F)c(CCNC(=S)Nc2nc(-c3cccnc3)cs2)c(F)c1. The molecule has 0 amide bonds. The van der Waals surface area contributed by atoms with Gasteiger partial charge in [-0.05, 0) is 37.7 Å². The Labute approximate surface area is 170 Å². The number of hydrogen-bond donors (Lipinski definition) is 2. The van der Waals surface area contributed by atoms with Crippen LogP contribution < -0.4 is 15.4 Å². The predicted molar refractivity (Wildman–Crippen MR) is 111 cm³/mol. The fourth-order valence-corrected chi connectivity index (χ4v) is 3.48. The maximum Gasteiger partial charge on any atom is 0.189 e. The van der Waals surface area contributed by atoms with Crippen LogP contribution in [0.1, 0.15) is 12.5 Å². The van der Waals surface area contributed by atoms with Crippen molar-refractivity contribution in [2.45, 2.75) is 13.3 Å². The second-order valence-corrected chi connectivity index (χ2v) is 6.98. The monoisotopic (exact) mass is 420 g/mol. The first-order valence-corrected chi connectivity index (χ1v) is 9.87. The molecule has 3 aromatic rings. The van der Waals surface area contributed by atoms with Gasteiger partial charge in [0.05, 0.1) is 12.3 Å². The Morgan fingerprint density at radius 1 is 1.29 bits per heavy atom. The van der Waals surface area contributed by atoms with E-state index >= 15 is 0 Å². The summed E-state index contributed by atoms with van der Waals surface area (Å²) in [5, 5.41) is 8.75. The molecule has 0 radical (unpaired) electrons. The Morgan fingerprint density at radius 3 is 2.75 bits per heavy atom. The molecule has 2 aromatic heterocycles. The summed E-state index contributed by atoms with van der Waals surface area (Å²) in [7, 11) is 0. The van der Waals surface area contributed by atoms with Crippen molar-refractivity contribution < 1.29 is 13.5 Å².